The van der Waals surface area contributed by atoms with E-state index < -0.39 is 0 Å². The monoisotopic (exact) mass is 301 g/mol. The Morgan fingerprint density at radius 2 is 1.38 bits per heavy atom. The van der Waals surface area contributed by atoms with Crippen molar-refractivity contribution in [2.45, 2.75) is 58.3 Å². The van der Waals surface area contributed by atoms with Crippen molar-refractivity contribution in [2.24, 2.45) is 0 Å². The summed E-state index contributed by atoms with van der Waals surface area (Å²) in [5.74, 6) is 0. The van der Waals surface area contributed by atoms with E-state index in [1.165, 1.54) is 60.9 Å². The molecule has 0 atom stereocenters. The molecule has 0 nitrogen and oxygen atoms in total. The molecule has 0 aromatic heterocycles. The van der Waals surface area contributed by atoms with Crippen LogP contribution in [0.2, 0.25) is 0 Å². The summed E-state index contributed by atoms with van der Waals surface area (Å²) in [5.41, 5.74) is 1.50. The molecule has 0 saturated carbocycles. The van der Waals surface area contributed by atoms with Gasteiger partial charge < -0.3 is 0 Å². The summed E-state index contributed by atoms with van der Waals surface area (Å²) in [6.45, 7) is 2.28. The summed E-state index contributed by atoms with van der Waals surface area (Å²) in [4.78, 5) is 0. The van der Waals surface area contributed by atoms with Crippen LogP contribution in [0.3, 0.4) is 0 Å². The maximum atomic E-state index is 2.28. The topological polar surface area (TPSA) is 0 Å². The Bertz CT molecular complexity index is 263. The number of aryl methyl sites for hydroxylation is 1. The van der Waals surface area contributed by atoms with Gasteiger partial charge >= 0.3 is 105 Å². The molecule has 0 unspecified atom stereocenters. The van der Waals surface area contributed by atoms with Gasteiger partial charge in [0.05, 0.1) is 0 Å². The maximum absolute atomic E-state index is 2.28. The minimum absolute atomic E-state index is 1.26. The van der Waals surface area contributed by atoms with Crippen LogP contribution in [0.1, 0.15) is 57.4 Å². The Balaban J connectivity index is 2.01. The third kappa shape index (κ3) is 6.48. The van der Waals surface area contributed by atoms with Gasteiger partial charge in [-0.3, -0.25) is 0 Å². The standard InChI is InChI=1S/C15H23.Mo/c1-2-3-4-5-6-7-9-12-15-13-10-8-11-14-15;/h10-11,13-14H,2-7,9,12H2,1H3;. The number of hydrogen-bond acceptors (Lipinski definition) is 0. The second-order valence-corrected chi connectivity index (χ2v) is 5.67. The fraction of sp³-hybridized carbons (Fsp3) is 0.600. The number of hydrogen-bond donors (Lipinski definition) is 0. The van der Waals surface area contributed by atoms with Crippen molar-refractivity contribution >= 4 is 3.95 Å². The molecular weight excluding hydrogens is 276 g/mol. The first-order valence-corrected chi connectivity index (χ1v) is 7.59. The zero-order valence-corrected chi connectivity index (χ0v) is 12.4. The van der Waals surface area contributed by atoms with Crippen LogP contribution in [-0.4, -0.2) is 0 Å². The van der Waals surface area contributed by atoms with Crippen LogP contribution in [0.4, 0.5) is 0 Å². The number of unbranched alkanes of at least 4 members (excludes halogenated alkanes) is 6. The van der Waals surface area contributed by atoms with Crippen molar-refractivity contribution in [1.29, 1.82) is 0 Å². The number of rotatable bonds is 8. The zero-order chi connectivity index (χ0) is 11.6. The molecule has 1 aromatic rings. The van der Waals surface area contributed by atoms with Crippen molar-refractivity contribution in [3.8, 4) is 0 Å². The molecule has 89 valence electrons. The normalized spacial score (nSPS) is 10.6. The molecule has 1 rings (SSSR count). The van der Waals surface area contributed by atoms with E-state index in [0.717, 1.165) is 0 Å². The number of benzene rings is 1. The van der Waals surface area contributed by atoms with E-state index in [4.69, 9.17) is 0 Å². The second-order valence-electron chi connectivity index (χ2n) is 4.52. The molecule has 0 amide bonds. The van der Waals surface area contributed by atoms with Gasteiger partial charge in [-0.25, -0.2) is 0 Å². The van der Waals surface area contributed by atoms with Crippen LogP contribution in [0.15, 0.2) is 24.3 Å². The third-order valence-electron chi connectivity index (χ3n) is 2.99. The summed E-state index contributed by atoms with van der Waals surface area (Å²) < 4.78 is 1.37. The molecule has 0 aliphatic carbocycles. The van der Waals surface area contributed by atoms with Gasteiger partial charge in [0.2, 0.25) is 0 Å². The van der Waals surface area contributed by atoms with E-state index in [2.05, 4.69) is 51.0 Å². The quantitative estimate of drug-likeness (QED) is 0.499. The van der Waals surface area contributed by atoms with Crippen molar-refractivity contribution in [3.63, 3.8) is 0 Å². The molecule has 1 aromatic carbocycles. The molecule has 0 aliphatic rings. The predicted octanol–water partition coefficient (Wildman–Crippen LogP) is 4.15. The van der Waals surface area contributed by atoms with Crippen LogP contribution in [0.25, 0.3) is 0 Å². The molecule has 0 saturated heterocycles. The van der Waals surface area contributed by atoms with Crippen LogP contribution in [0.5, 0.6) is 0 Å². The fourth-order valence-corrected chi connectivity index (χ4v) is 2.28. The van der Waals surface area contributed by atoms with Crippen LogP contribution in [0, 0.1) is 0 Å². The molecule has 0 spiro atoms. The molecule has 0 aliphatic heterocycles. The van der Waals surface area contributed by atoms with E-state index in [0.29, 0.717) is 0 Å². The third-order valence-corrected chi connectivity index (χ3v) is 3.66. The zero-order valence-electron chi connectivity index (χ0n) is 10.4. The Hall–Kier alpha value is -0.0917. The average Bonchev–Trinajstić information content (AvgIpc) is 2.30. The molecule has 0 bridgehead atoms. The Morgan fingerprint density at radius 1 is 0.812 bits per heavy atom. The average molecular weight is 299 g/mol. The van der Waals surface area contributed by atoms with Gasteiger partial charge in [-0.1, -0.05) is 6.92 Å². The van der Waals surface area contributed by atoms with Gasteiger partial charge in [0, 0.05) is 0 Å². The van der Waals surface area contributed by atoms with Crippen molar-refractivity contribution in [3.05, 3.63) is 29.8 Å². The van der Waals surface area contributed by atoms with E-state index >= 15 is 0 Å². The Morgan fingerprint density at radius 3 is 2.00 bits per heavy atom. The van der Waals surface area contributed by atoms with Crippen LogP contribution < -0.4 is 3.95 Å². The predicted molar refractivity (Wildman–Crippen MR) is 67.8 cm³/mol. The SMILES string of the molecule is CCCCCCCCCc1cc[c]([Mo])cc1. The molecule has 0 fully saturated rings. The molecular formula is C15H23Mo. The van der Waals surface area contributed by atoms with Gasteiger partial charge in [0.1, 0.15) is 0 Å². The molecule has 16 heavy (non-hydrogen) atoms. The van der Waals surface area contributed by atoms with E-state index in [1.807, 2.05) is 0 Å². The molecule has 0 heterocycles. The minimum atomic E-state index is 1.26. The van der Waals surface area contributed by atoms with Crippen molar-refractivity contribution in [2.75, 3.05) is 0 Å². The van der Waals surface area contributed by atoms with Gasteiger partial charge in [0.25, 0.3) is 0 Å². The van der Waals surface area contributed by atoms with Crippen LogP contribution in [-0.2, 0) is 26.2 Å². The molecule has 0 N–H and O–H groups in total. The van der Waals surface area contributed by atoms with Crippen molar-refractivity contribution in [1.82, 2.24) is 0 Å². The Labute approximate surface area is 112 Å². The van der Waals surface area contributed by atoms with Gasteiger partial charge in [-0.2, -0.15) is 0 Å². The first-order chi connectivity index (χ1) is 7.83. The van der Waals surface area contributed by atoms with E-state index in [9.17, 15) is 0 Å². The van der Waals surface area contributed by atoms with Crippen molar-refractivity contribution < 1.29 is 19.8 Å². The molecule has 0 radical (unpaired) electrons. The van der Waals surface area contributed by atoms with Gasteiger partial charge in [0.15, 0.2) is 0 Å². The Kier molecular flexibility index (Phi) is 7.85. The van der Waals surface area contributed by atoms with E-state index in [-0.39, 0.29) is 0 Å². The summed E-state index contributed by atoms with van der Waals surface area (Å²) in [6.07, 6.45) is 11.1. The molecule has 1 heteroatoms. The van der Waals surface area contributed by atoms with Gasteiger partial charge in [-0.05, 0) is 0 Å². The summed E-state index contributed by atoms with van der Waals surface area (Å²) in [7, 11) is 0. The van der Waals surface area contributed by atoms with Crippen LogP contribution >= 0.6 is 0 Å². The first-order valence-electron chi connectivity index (χ1n) is 6.59. The summed E-state index contributed by atoms with van der Waals surface area (Å²) in [6, 6.07) is 8.99. The van der Waals surface area contributed by atoms with E-state index in [1.54, 1.807) is 0 Å². The fourth-order valence-electron chi connectivity index (χ4n) is 1.94. The van der Waals surface area contributed by atoms with Gasteiger partial charge in [-0.15, -0.1) is 0 Å². The second kappa shape index (κ2) is 8.99. The summed E-state index contributed by atoms with van der Waals surface area (Å²) in [5, 5.41) is 0. The summed E-state index contributed by atoms with van der Waals surface area (Å²) >= 11 is 2.08. The first kappa shape index (κ1) is 14.0.